The SMILES string of the molecule is Cc1csc(CC2=NC(=O)[C@H](CC(=O)Nc3ccccc3C)S2)n1. The second kappa shape index (κ2) is 7.27. The summed E-state index contributed by atoms with van der Waals surface area (Å²) in [6.45, 7) is 3.87. The fourth-order valence-electron chi connectivity index (χ4n) is 2.34. The van der Waals surface area contributed by atoms with Gasteiger partial charge in [-0.3, -0.25) is 9.59 Å². The first-order chi connectivity index (χ1) is 11.5. The Morgan fingerprint density at radius 2 is 2.08 bits per heavy atom. The summed E-state index contributed by atoms with van der Waals surface area (Å²) in [6.07, 6.45) is 0.687. The summed E-state index contributed by atoms with van der Waals surface area (Å²) in [5.74, 6) is -0.403. The van der Waals surface area contributed by atoms with Gasteiger partial charge in [-0.05, 0) is 25.5 Å². The van der Waals surface area contributed by atoms with E-state index in [-0.39, 0.29) is 18.2 Å². The van der Waals surface area contributed by atoms with Gasteiger partial charge in [0, 0.05) is 29.6 Å². The number of nitrogens with one attached hydrogen (secondary N) is 1. The average molecular weight is 359 g/mol. The highest BCUT2D eigenvalue weighted by molar-refractivity contribution is 8.15. The number of benzene rings is 1. The van der Waals surface area contributed by atoms with Crippen LogP contribution in [0, 0.1) is 13.8 Å². The van der Waals surface area contributed by atoms with Crippen molar-refractivity contribution in [3.63, 3.8) is 0 Å². The van der Waals surface area contributed by atoms with E-state index in [0.29, 0.717) is 6.42 Å². The molecule has 0 saturated carbocycles. The van der Waals surface area contributed by atoms with Crippen LogP contribution in [-0.2, 0) is 16.0 Å². The summed E-state index contributed by atoms with van der Waals surface area (Å²) < 4.78 is 0. The van der Waals surface area contributed by atoms with Crippen molar-refractivity contribution in [1.29, 1.82) is 0 Å². The molecule has 0 fully saturated rings. The predicted octanol–water partition coefficient (Wildman–Crippen LogP) is 3.37. The Balaban J connectivity index is 1.56. The van der Waals surface area contributed by atoms with Crippen molar-refractivity contribution >= 4 is 45.6 Å². The maximum absolute atomic E-state index is 12.2. The number of hydrogen-bond donors (Lipinski definition) is 1. The summed E-state index contributed by atoms with van der Waals surface area (Å²) in [4.78, 5) is 32.7. The molecule has 7 heteroatoms. The first-order valence-corrected chi connectivity index (χ1v) is 9.32. The van der Waals surface area contributed by atoms with Gasteiger partial charge in [0.05, 0.1) is 10.1 Å². The van der Waals surface area contributed by atoms with Crippen LogP contribution in [0.3, 0.4) is 0 Å². The standard InChI is InChI=1S/C17H17N3O2S2/c1-10-5-3-4-6-12(10)19-14(21)7-13-17(22)20-16(24-13)8-15-18-11(2)9-23-15/h3-6,9,13H,7-8H2,1-2H3,(H,19,21)/t13-/m0/s1. The molecule has 2 amide bonds. The number of amides is 2. The lowest BCUT2D eigenvalue weighted by Gasteiger charge is -2.10. The number of rotatable bonds is 5. The molecule has 0 spiro atoms. The summed E-state index contributed by atoms with van der Waals surface area (Å²) in [7, 11) is 0. The Labute approximate surface area is 148 Å². The van der Waals surface area contributed by atoms with Gasteiger partial charge in [-0.2, -0.15) is 0 Å². The molecular formula is C17H17N3O2S2. The van der Waals surface area contributed by atoms with Gasteiger partial charge < -0.3 is 5.32 Å². The highest BCUT2D eigenvalue weighted by Crippen LogP contribution is 2.28. The van der Waals surface area contributed by atoms with Crippen LogP contribution >= 0.6 is 23.1 Å². The van der Waals surface area contributed by atoms with Crippen LogP contribution in [0.1, 0.15) is 22.7 Å². The van der Waals surface area contributed by atoms with Crippen LogP contribution in [0.25, 0.3) is 0 Å². The number of thiazole rings is 1. The fraction of sp³-hybridized carbons (Fsp3) is 0.294. The Morgan fingerprint density at radius 3 is 2.79 bits per heavy atom. The van der Waals surface area contributed by atoms with Crippen molar-refractivity contribution in [3.8, 4) is 0 Å². The van der Waals surface area contributed by atoms with Crippen LogP contribution in [0.4, 0.5) is 5.69 Å². The van der Waals surface area contributed by atoms with E-state index >= 15 is 0 Å². The first-order valence-electron chi connectivity index (χ1n) is 7.56. The minimum atomic E-state index is -0.440. The number of carbonyl (C=O) groups excluding carboxylic acids is 2. The molecule has 1 aliphatic heterocycles. The van der Waals surface area contributed by atoms with Gasteiger partial charge in [0.2, 0.25) is 5.91 Å². The maximum atomic E-state index is 12.2. The number of aliphatic imine (C=N–C) groups is 1. The fourth-order valence-corrected chi connectivity index (χ4v) is 4.29. The van der Waals surface area contributed by atoms with Crippen molar-refractivity contribution in [2.24, 2.45) is 4.99 Å². The molecule has 24 heavy (non-hydrogen) atoms. The van der Waals surface area contributed by atoms with E-state index in [2.05, 4.69) is 15.3 Å². The van der Waals surface area contributed by atoms with Crippen LogP contribution in [-0.4, -0.2) is 27.1 Å². The Kier molecular flexibility index (Phi) is 5.11. The number of carbonyl (C=O) groups is 2. The van der Waals surface area contributed by atoms with Gasteiger partial charge >= 0.3 is 0 Å². The van der Waals surface area contributed by atoms with E-state index in [0.717, 1.165) is 27.0 Å². The lowest BCUT2D eigenvalue weighted by molar-refractivity contribution is -0.121. The molecule has 1 aromatic heterocycles. The van der Waals surface area contributed by atoms with E-state index in [9.17, 15) is 9.59 Å². The van der Waals surface area contributed by atoms with E-state index < -0.39 is 5.25 Å². The summed E-state index contributed by atoms with van der Waals surface area (Å²) in [5.41, 5.74) is 2.74. The predicted molar refractivity (Wildman–Crippen MR) is 98.8 cm³/mol. The monoisotopic (exact) mass is 359 g/mol. The molecule has 5 nitrogen and oxygen atoms in total. The van der Waals surface area contributed by atoms with Crippen LogP contribution < -0.4 is 5.32 Å². The van der Waals surface area contributed by atoms with Gasteiger partial charge in [0.15, 0.2) is 0 Å². The molecule has 1 N–H and O–H groups in total. The molecule has 1 aliphatic rings. The Morgan fingerprint density at radius 1 is 1.29 bits per heavy atom. The van der Waals surface area contributed by atoms with Crippen molar-refractivity contribution in [1.82, 2.24) is 4.98 Å². The summed E-state index contributed by atoms with van der Waals surface area (Å²) >= 11 is 2.93. The number of thioether (sulfide) groups is 1. The smallest absolute Gasteiger partial charge is 0.260 e. The number of para-hydroxylation sites is 1. The second-order valence-electron chi connectivity index (χ2n) is 5.58. The quantitative estimate of drug-likeness (QED) is 0.888. The normalized spacial score (nSPS) is 17.0. The van der Waals surface area contributed by atoms with E-state index in [1.165, 1.54) is 11.8 Å². The van der Waals surface area contributed by atoms with Gasteiger partial charge in [0.25, 0.3) is 5.91 Å². The zero-order chi connectivity index (χ0) is 17.1. The zero-order valence-corrected chi connectivity index (χ0v) is 15.0. The van der Waals surface area contributed by atoms with Gasteiger partial charge in [-0.1, -0.05) is 30.0 Å². The molecule has 0 unspecified atom stereocenters. The largest absolute Gasteiger partial charge is 0.326 e. The van der Waals surface area contributed by atoms with Crippen LogP contribution in [0.15, 0.2) is 34.6 Å². The lowest BCUT2D eigenvalue weighted by atomic mass is 10.2. The number of aromatic nitrogens is 1. The van der Waals surface area contributed by atoms with Crippen molar-refractivity contribution in [2.45, 2.75) is 31.9 Å². The number of aryl methyl sites for hydroxylation is 2. The third kappa shape index (κ3) is 4.10. The summed E-state index contributed by atoms with van der Waals surface area (Å²) in [5, 5.41) is 6.08. The Hall–Kier alpha value is -1.99. The molecule has 3 rings (SSSR count). The van der Waals surface area contributed by atoms with Crippen LogP contribution in [0.5, 0.6) is 0 Å². The van der Waals surface area contributed by atoms with Gasteiger partial charge in [0.1, 0.15) is 5.25 Å². The maximum Gasteiger partial charge on any atom is 0.260 e. The van der Waals surface area contributed by atoms with E-state index in [1.807, 2.05) is 43.5 Å². The van der Waals surface area contributed by atoms with Crippen molar-refractivity contribution in [3.05, 3.63) is 45.9 Å². The molecule has 0 radical (unpaired) electrons. The van der Waals surface area contributed by atoms with Crippen molar-refractivity contribution in [2.75, 3.05) is 5.32 Å². The number of anilines is 1. The molecular weight excluding hydrogens is 342 g/mol. The molecule has 0 aliphatic carbocycles. The second-order valence-corrected chi connectivity index (χ2v) is 7.80. The van der Waals surface area contributed by atoms with Gasteiger partial charge in [-0.15, -0.1) is 11.3 Å². The molecule has 0 bridgehead atoms. The zero-order valence-electron chi connectivity index (χ0n) is 13.4. The topological polar surface area (TPSA) is 71.4 Å². The lowest BCUT2D eigenvalue weighted by Crippen LogP contribution is -2.21. The molecule has 2 heterocycles. The van der Waals surface area contributed by atoms with Crippen LogP contribution in [0.2, 0.25) is 0 Å². The minimum Gasteiger partial charge on any atom is -0.326 e. The third-order valence-electron chi connectivity index (χ3n) is 3.55. The number of hydrogen-bond acceptors (Lipinski definition) is 5. The molecule has 0 saturated heterocycles. The molecule has 124 valence electrons. The number of nitrogens with zero attached hydrogens (tertiary/aromatic N) is 2. The minimum absolute atomic E-state index is 0.127. The van der Waals surface area contributed by atoms with E-state index in [1.54, 1.807) is 11.3 Å². The summed E-state index contributed by atoms with van der Waals surface area (Å²) in [6, 6.07) is 7.57. The molecule has 1 aromatic carbocycles. The van der Waals surface area contributed by atoms with Crippen molar-refractivity contribution < 1.29 is 9.59 Å². The van der Waals surface area contributed by atoms with Gasteiger partial charge in [-0.25, -0.2) is 9.98 Å². The Bertz CT molecular complexity index is 814. The highest BCUT2D eigenvalue weighted by atomic mass is 32.2. The molecule has 1 atom stereocenters. The average Bonchev–Trinajstić information content (AvgIpc) is 3.08. The highest BCUT2D eigenvalue weighted by Gasteiger charge is 2.30. The third-order valence-corrected chi connectivity index (χ3v) is 5.67. The molecule has 2 aromatic rings. The first kappa shape index (κ1) is 16.9. The van der Waals surface area contributed by atoms with E-state index in [4.69, 9.17) is 0 Å².